The van der Waals surface area contributed by atoms with Gasteiger partial charge in [0.1, 0.15) is 0 Å². The Morgan fingerprint density at radius 1 is 1.75 bits per heavy atom. The molecule has 1 aliphatic heterocycles. The summed E-state index contributed by atoms with van der Waals surface area (Å²) in [5.41, 5.74) is 0. The summed E-state index contributed by atoms with van der Waals surface area (Å²) in [6.07, 6.45) is 2.21. The maximum absolute atomic E-state index is 10.7. The van der Waals surface area contributed by atoms with Crippen molar-refractivity contribution < 1.29 is 4.79 Å². The van der Waals surface area contributed by atoms with Gasteiger partial charge in [0.25, 0.3) is 0 Å². The summed E-state index contributed by atoms with van der Waals surface area (Å²) in [5, 5.41) is 2.79. The SMILES string of the molecule is C[C@H]1CCCNC1=O. The van der Waals surface area contributed by atoms with Crippen LogP contribution in [0.15, 0.2) is 0 Å². The zero-order valence-electron chi connectivity index (χ0n) is 5.11. The number of amides is 1. The van der Waals surface area contributed by atoms with E-state index in [1.165, 1.54) is 0 Å². The van der Waals surface area contributed by atoms with Gasteiger partial charge in [-0.05, 0) is 12.8 Å². The zero-order valence-corrected chi connectivity index (χ0v) is 5.11. The number of hydrogen-bond acceptors (Lipinski definition) is 1. The lowest BCUT2D eigenvalue weighted by Gasteiger charge is -2.16. The molecule has 1 aliphatic rings. The van der Waals surface area contributed by atoms with Crippen molar-refractivity contribution in [3.63, 3.8) is 0 Å². The highest BCUT2D eigenvalue weighted by atomic mass is 16.1. The quantitative estimate of drug-likeness (QED) is 0.488. The van der Waals surface area contributed by atoms with Crippen molar-refractivity contribution in [2.75, 3.05) is 6.54 Å². The molecule has 2 nitrogen and oxygen atoms in total. The summed E-state index contributed by atoms with van der Waals surface area (Å²) in [6.45, 7) is 2.84. The topological polar surface area (TPSA) is 29.1 Å². The van der Waals surface area contributed by atoms with Gasteiger partial charge in [-0.15, -0.1) is 0 Å². The minimum absolute atomic E-state index is 0.219. The molecule has 0 aromatic rings. The maximum Gasteiger partial charge on any atom is 0.222 e. The van der Waals surface area contributed by atoms with Gasteiger partial charge >= 0.3 is 0 Å². The van der Waals surface area contributed by atoms with Crippen LogP contribution in [-0.4, -0.2) is 12.5 Å². The van der Waals surface area contributed by atoms with Gasteiger partial charge in [0, 0.05) is 12.5 Å². The van der Waals surface area contributed by atoms with Gasteiger partial charge in [-0.2, -0.15) is 0 Å². The van der Waals surface area contributed by atoms with E-state index in [9.17, 15) is 4.79 Å². The van der Waals surface area contributed by atoms with Crippen LogP contribution in [0.2, 0.25) is 0 Å². The van der Waals surface area contributed by atoms with Crippen molar-refractivity contribution in [3.05, 3.63) is 0 Å². The van der Waals surface area contributed by atoms with Crippen molar-refractivity contribution in [1.29, 1.82) is 0 Å². The normalized spacial score (nSPS) is 29.6. The number of carbonyl (C=O) groups is 1. The predicted molar refractivity (Wildman–Crippen MR) is 31.4 cm³/mol. The van der Waals surface area contributed by atoms with Gasteiger partial charge in [-0.3, -0.25) is 4.79 Å². The second-order valence-electron chi connectivity index (χ2n) is 2.33. The molecule has 0 aliphatic carbocycles. The first-order chi connectivity index (χ1) is 3.80. The lowest BCUT2D eigenvalue weighted by molar-refractivity contribution is -0.125. The van der Waals surface area contributed by atoms with E-state index >= 15 is 0 Å². The van der Waals surface area contributed by atoms with E-state index in [1.807, 2.05) is 6.92 Å². The van der Waals surface area contributed by atoms with Crippen LogP contribution in [0.1, 0.15) is 19.8 Å². The van der Waals surface area contributed by atoms with Crippen LogP contribution in [0.4, 0.5) is 0 Å². The first-order valence-electron chi connectivity index (χ1n) is 3.08. The second-order valence-corrected chi connectivity index (χ2v) is 2.33. The molecule has 46 valence electrons. The Morgan fingerprint density at radius 2 is 2.50 bits per heavy atom. The van der Waals surface area contributed by atoms with Gasteiger partial charge < -0.3 is 5.32 Å². The van der Waals surface area contributed by atoms with E-state index in [-0.39, 0.29) is 11.8 Å². The molecule has 2 heteroatoms. The molecule has 1 fully saturated rings. The van der Waals surface area contributed by atoms with Gasteiger partial charge in [0.05, 0.1) is 0 Å². The van der Waals surface area contributed by atoms with Crippen LogP contribution in [-0.2, 0) is 4.79 Å². The third kappa shape index (κ3) is 0.997. The fraction of sp³-hybridized carbons (Fsp3) is 0.833. The summed E-state index contributed by atoms with van der Waals surface area (Å²) in [6, 6.07) is 0. The molecule has 1 N–H and O–H groups in total. The summed E-state index contributed by atoms with van der Waals surface area (Å²) in [5.74, 6) is 0.472. The molecule has 0 unspecified atom stereocenters. The molecule has 0 radical (unpaired) electrons. The van der Waals surface area contributed by atoms with Crippen LogP contribution in [0.5, 0.6) is 0 Å². The monoisotopic (exact) mass is 113 g/mol. The molecule has 1 atom stereocenters. The van der Waals surface area contributed by atoms with E-state index in [1.54, 1.807) is 0 Å². The average molecular weight is 113 g/mol. The van der Waals surface area contributed by atoms with E-state index in [4.69, 9.17) is 0 Å². The Kier molecular flexibility index (Phi) is 1.51. The highest BCUT2D eigenvalue weighted by Crippen LogP contribution is 2.08. The Hall–Kier alpha value is -0.530. The van der Waals surface area contributed by atoms with Crippen molar-refractivity contribution >= 4 is 5.91 Å². The molecule has 1 heterocycles. The molecule has 0 bridgehead atoms. The summed E-state index contributed by atoms with van der Waals surface area (Å²) >= 11 is 0. The average Bonchev–Trinajstić information content (AvgIpc) is 1.77. The van der Waals surface area contributed by atoms with Crippen molar-refractivity contribution in [2.24, 2.45) is 5.92 Å². The number of rotatable bonds is 0. The van der Waals surface area contributed by atoms with E-state index < -0.39 is 0 Å². The van der Waals surface area contributed by atoms with Gasteiger partial charge in [-0.1, -0.05) is 6.92 Å². The second kappa shape index (κ2) is 2.16. The minimum atomic E-state index is 0.219. The summed E-state index contributed by atoms with van der Waals surface area (Å²) in [7, 11) is 0. The van der Waals surface area contributed by atoms with Gasteiger partial charge in [0.15, 0.2) is 0 Å². The lowest BCUT2D eigenvalue weighted by atomic mass is 10.0. The van der Waals surface area contributed by atoms with Crippen LogP contribution >= 0.6 is 0 Å². The smallest absolute Gasteiger partial charge is 0.222 e. The largest absolute Gasteiger partial charge is 0.356 e. The van der Waals surface area contributed by atoms with Crippen LogP contribution in [0.25, 0.3) is 0 Å². The number of piperidine rings is 1. The Bertz CT molecular complexity index is 101. The standard InChI is InChI=1S/C6H11NO/c1-5-3-2-4-7-6(5)8/h5H,2-4H2,1H3,(H,7,8)/t5-/m0/s1. The molecular weight excluding hydrogens is 102 g/mol. The molecule has 1 saturated heterocycles. The third-order valence-corrected chi connectivity index (χ3v) is 1.56. The summed E-state index contributed by atoms with van der Waals surface area (Å²) < 4.78 is 0. The third-order valence-electron chi connectivity index (χ3n) is 1.56. The fourth-order valence-electron chi connectivity index (χ4n) is 0.925. The summed E-state index contributed by atoms with van der Waals surface area (Å²) in [4.78, 5) is 10.7. The predicted octanol–water partition coefficient (Wildman–Crippen LogP) is 0.532. The van der Waals surface area contributed by atoms with Gasteiger partial charge in [0.2, 0.25) is 5.91 Å². The van der Waals surface area contributed by atoms with Crippen molar-refractivity contribution in [3.8, 4) is 0 Å². The Balaban J connectivity index is 2.39. The fourth-order valence-corrected chi connectivity index (χ4v) is 0.925. The zero-order chi connectivity index (χ0) is 5.98. The van der Waals surface area contributed by atoms with Gasteiger partial charge in [-0.25, -0.2) is 0 Å². The molecular formula is C6H11NO. The molecule has 0 saturated carbocycles. The first kappa shape index (κ1) is 5.60. The lowest BCUT2D eigenvalue weighted by Crippen LogP contribution is -2.34. The number of carbonyl (C=O) groups excluding carboxylic acids is 1. The van der Waals surface area contributed by atoms with Crippen molar-refractivity contribution in [2.45, 2.75) is 19.8 Å². The molecule has 0 aromatic heterocycles. The Morgan fingerprint density at radius 3 is 2.88 bits per heavy atom. The van der Waals surface area contributed by atoms with E-state index in [0.29, 0.717) is 0 Å². The minimum Gasteiger partial charge on any atom is -0.356 e. The highest BCUT2D eigenvalue weighted by molar-refractivity contribution is 5.78. The van der Waals surface area contributed by atoms with Crippen LogP contribution < -0.4 is 5.32 Å². The van der Waals surface area contributed by atoms with Crippen LogP contribution in [0, 0.1) is 5.92 Å². The molecule has 1 amide bonds. The number of hydrogen-bond donors (Lipinski definition) is 1. The molecule has 0 spiro atoms. The van der Waals surface area contributed by atoms with E-state index in [0.717, 1.165) is 19.4 Å². The highest BCUT2D eigenvalue weighted by Gasteiger charge is 2.15. The van der Waals surface area contributed by atoms with E-state index in [2.05, 4.69) is 5.32 Å². The number of nitrogens with one attached hydrogen (secondary N) is 1. The van der Waals surface area contributed by atoms with Crippen LogP contribution in [0.3, 0.4) is 0 Å². The molecule has 8 heavy (non-hydrogen) atoms. The molecule has 0 aromatic carbocycles. The molecule has 1 rings (SSSR count). The van der Waals surface area contributed by atoms with Crippen molar-refractivity contribution in [1.82, 2.24) is 5.32 Å². The maximum atomic E-state index is 10.7. The first-order valence-corrected chi connectivity index (χ1v) is 3.08. The Labute approximate surface area is 49.3 Å².